The molecule has 0 unspecified atom stereocenters. The van der Waals surface area contributed by atoms with Crippen LogP contribution in [0.15, 0.2) is 24.7 Å². The van der Waals surface area contributed by atoms with Crippen molar-refractivity contribution < 1.29 is 9.90 Å². The molecule has 7 heteroatoms. The molecule has 1 aliphatic heterocycles. The molecule has 4 rings (SSSR count). The van der Waals surface area contributed by atoms with E-state index >= 15 is 0 Å². The van der Waals surface area contributed by atoms with E-state index in [1.165, 1.54) is 12.8 Å². The number of carboxylic acid groups (broad SMARTS) is 1. The van der Waals surface area contributed by atoms with E-state index in [0.29, 0.717) is 42.8 Å². The molecule has 2 aromatic heterocycles. The number of carboxylic acids is 1. The lowest BCUT2D eigenvalue weighted by atomic mass is 9.96. The molecule has 2 aliphatic rings. The van der Waals surface area contributed by atoms with E-state index in [9.17, 15) is 9.90 Å². The van der Waals surface area contributed by atoms with Crippen molar-refractivity contribution in [3.05, 3.63) is 41.3 Å². The summed E-state index contributed by atoms with van der Waals surface area (Å²) in [5.41, 5.74) is 2.13. The summed E-state index contributed by atoms with van der Waals surface area (Å²) in [4.78, 5) is 26.8. The van der Waals surface area contributed by atoms with Crippen molar-refractivity contribution >= 4 is 17.7 Å². The van der Waals surface area contributed by atoms with Gasteiger partial charge >= 0.3 is 5.97 Å². The van der Waals surface area contributed by atoms with Gasteiger partial charge in [0, 0.05) is 38.2 Å². The number of pyridine rings is 1. The summed E-state index contributed by atoms with van der Waals surface area (Å²) in [5.74, 6) is 0.908. The Balaban J connectivity index is 1.62. The minimum absolute atomic E-state index is 0.321. The fourth-order valence-corrected chi connectivity index (χ4v) is 3.09. The molecule has 0 bridgehead atoms. The Morgan fingerprint density at radius 1 is 1.29 bits per heavy atom. The molecule has 1 saturated carbocycles. The van der Waals surface area contributed by atoms with Crippen LogP contribution in [0.1, 0.15) is 34.3 Å². The normalized spacial score (nSPS) is 16.6. The molecule has 2 aromatic rings. The van der Waals surface area contributed by atoms with Gasteiger partial charge in [-0.05, 0) is 42.4 Å². The predicted octanol–water partition coefficient (Wildman–Crippen LogP) is 1.95. The van der Waals surface area contributed by atoms with Crippen LogP contribution in [0.5, 0.6) is 0 Å². The molecule has 0 spiro atoms. The number of nitrogens with one attached hydrogen (secondary N) is 1. The summed E-state index contributed by atoms with van der Waals surface area (Å²) < 4.78 is 0. The van der Waals surface area contributed by atoms with Crippen LogP contribution in [0.3, 0.4) is 0 Å². The zero-order valence-corrected chi connectivity index (χ0v) is 13.3. The van der Waals surface area contributed by atoms with Crippen molar-refractivity contribution in [2.24, 2.45) is 5.92 Å². The zero-order chi connectivity index (χ0) is 16.5. The number of hydrogen-bond donors (Lipinski definition) is 2. The smallest absolute Gasteiger partial charge is 0.339 e. The second kappa shape index (κ2) is 6.07. The van der Waals surface area contributed by atoms with Crippen LogP contribution in [0.4, 0.5) is 11.8 Å². The van der Waals surface area contributed by atoms with E-state index in [1.807, 2.05) is 4.90 Å². The van der Waals surface area contributed by atoms with Crippen LogP contribution < -0.4 is 10.2 Å². The Morgan fingerprint density at radius 3 is 2.79 bits per heavy atom. The molecular formula is C17H19N5O2. The first-order valence-electron chi connectivity index (χ1n) is 8.22. The molecule has 124 valence electrons. The Bertz CT molecular complexity index is 761. The van der Waals surface area contributed by atoms with Gasteiger partial charge in [-0.25, -0.2) is 19.7 Å². The van der Waals surface area contributed by atoms with E-state index in [4.69, 9.17) is 0 Å². The fraction of sp³-hybridized carbons (Fsp3) is 0.412. The lowest BCUT2D eigenvalue weighted by Crippen LogP contribution is -2.33. The maximum atomic E-state index is 11.8. The average molecular weight is 325 g/mol. The number of aromatic nitrogens is 3. The van der Waals surface area contributed by atoms with Crippen molar-refractivity contribution in [2.45, 2.75) is 25.8 Å². The van der Waals surface area contributed by atoms with E-state index in [0.717, 1.165) is 17.7 Å². The van der Waals surface area contributed by atoms with Crippen LogP contribution in [-0.2, 0) is 13.0 Å². The first-order valence-corrected chi connectivity index (χ1v) is 8.22. The first kappa shape index (κ1) is 14.9. The van der Waals surface area contributed by atoms with Crippen LogP contribution in [0.2, 0.25) is 0 Å². The molecule has 0 aromatic carbocycles. The standard InChI is InChI=1S/C17H19N5O2/c23-16(24)14-13-4-7-22(17-18-5-1-6-19-17)10-12(13)9-21-15(14)20-8-11-2-3-11/h1,5-6,9,11H,2-4,7-8,10H2,(H,20,21)(H,23,24). The number of hydrogen-bond acceptors (Lipinski definition) is 6. The summed E-state index contributed by atoms with van der Waals surface area (Å²) >= 11 is 0. The molecule has 0 amide bonds. The fourth-order valence-electron chi connectivity index (χ4n) is 3.09. The Morgan fingerprint density at radius 2 is 2.08 bits per heavy atom. The molecular weight excluding hydrogens is 306 g/mol. The van der Waals surface area contributed by atoms with Gasteiger partial charge in [0.2, 0.25) is 5.95 Å². The number of fused-ring (bicyclic) bond motifs is 1. The molecule has 7 nitrogen and oxygen atoms in total. The highest BCUT2D eigenvalue weighted by Gasteiger charge is 2.27. The van der Waals surface area contributed by atoms with Gasteiger partial charge in [-0.2, -0.15) is 0 Å². The predicted molar refractivity (Wildman–Crippen MR) is 89.2 cm³/mol. The third-order valence-corrected chi connectivity index (χ3v) is 4.57. The quantitative estimate of drug-likeness (QED) is 0.868. The minimum atomic E-state index is -0.915. The van der Waals surface area contributed by atoms with Gasteiger partial charge in [-0.15, -0.1) is 0 Å². The minimum Gasteiger partial charge on any atom is -0.478 e. The van der Waals surface area contributed by atoms with E-state index in [1.54, 1.807) is 24.7 Å². The number of rotatable bonds is 5. The maximum absolute atomic E-state index is 11.8. The van der Waals surface area contributed by atoms with Gasteiger partial charge in [0.1, 0.15) is 11.4 Å². The van der Waals surface area contributed by atoms with E-state index < -0.39 is 5.97 Å². The van der Waals surface area contributed by atoms with E-state index in [-0.39, 0.29) is 0 Å². The van der Waals surface area contributed by atoms with Crippen LogP contribution in [0.25, 0.3) is 0 Å². The second-order valence-corrected chi connectivity index (χ2v) is 6.34. The molecule has 0 radical (unpaired) electrons. The third-order valence-electron chi connectivity index (χ3n) is 4.57. The van der Waals surface area contributed by atoms with Gasteiger partial charge in [0.15, 0.2) is 0 Å². The molecule has 0 saturated heterocycles. The van der Waals surface area contributed by atoms with Crippen molar-refractivity contribution in [2.75, 3.05) is 23.3 Å². The number of nitrogens with zero attached hydrogens (tertiary/aromatic N) is 4. The third kappa shape index (κ3) is 2.89. The lowest BCUT2D eigenvalue weighted by Gasteiger charge is -2.29. The number of carbonyl (C=O) groups is 1. The second-order valence-electron chi connectivity index (χ2n) is 6.34. The molecule has 1 fully saturated rings. The highest BCUT2D eigenvalue weighted by Crippen LogP contribution is 2.31. The molecule has 3 heterocycles. The van der Waals surface area contributed by atoms with Gasteiger partial charge in [-0.3, -0.25) is 0 Å². The van der Waals surface area contributed by atoms with Gasteiger partial charge in [-0.1, -0.05) is 0 Å². The van der Waals surface area contributed by atoms with Gasteiger partial charge in [0.25, 0.3) is 0 Å². The zero-order valence-electron chi connectivity index (χ0n) is 13.3. The molecule has 0 atom stereocenters. The monoisotopic (exact) mass is 325 g/mol. The highest BCUT2D eigenvalue weighted by molar-refractivity contribution is 5.95. The van der Waals surface area contributed by atoms with Crippen molar-refractivity contribution in [3.63, 3.8) is 0 Å². The molecule has 2 N–H and O–H groups in total. The first-order chi connectivity index (χ1) is 11.7. The van der Waals surface area contributed by atoms with Crippen molar-refractivity contribution in [3.8, 4) is 0 Å². The Labute approximate surface area is 139 Å². The maximum Gasteiger partial charge on any atom is 0.339 e. The molecule has 24 heavy (non-hydrogen) atoms. The summed E-state index contributed by atoms with van der Waals surface area (Å²) in [6.45, 7) is 2.08. The summed E-state index contributed by atoms with van der Waals surface area (Å²) in [7, 11) is 0. The highest BCUT2D eigenvalue weighted by atomic mass is 16.4. The largest absolute Gasteiger partial charge is 0.478 e. The Hall–Kier alpha value is -2.70. The van der Waals surface area contributed by atoms with Crippen molar-refractivity contribution in [1.82, 2.24) is 15.0 Å². The van der Waals surface area contributed by atoms with Gasteiger partial charge in [0.05, 0.1) is 0 Å². The topological polar surface area (TPSA) is 91.2 Å². The SMILES string of the molecule is O=C(O)c1c(NCC2CC2)ncc2c1CCN(c1ncccn1)C2. The van der Waals surface area contributed by atoms with Gasteiger partial charge < -0.3 is 15.3 Å². The number of anilines is 2. The number of aromatic carboxylic acids is 1. The lowest BCUT2D eigenvalue weighted by molar-refractivity contribution is 0.0696. The van der Waals surface area contributed by atoms with Crippen LogP contribution in [-0.4, -0.2) is 39.1 Å². The molecule has 1 aliphatic carbocycles. The van der Waals surface area contributed by atoms with Crippen molar-refractivity contribution in [1.29, 1.82) is 0 Å². The van der Waals surface area contributed by atoms with E-state index in [2.05, 4.69) is 20.3 Å². The summed E-state index contributed by atoms with van der Waals surface area (Å²) in [6, 6.07) is 1.78. The summed E-state index contributed by atoms with van der Waals surface area (Å²) in [5, 5.41) is 12.9. The Kier molecular flexibility index (Phi) is 3.76. The summed E-state index contributed by atoms with van der Waals surface area (Å²) in [6.07, 6.45) is 8.29. The van der Waals surface area contributed by atoms with Crippen LogP contribution >= 0.6 is 0 Å². The average Bonchev–Trinajstić information content (AvgIpc) is 3.44. The van der Waals surface area contributed by atoms with Crippen LogP contribution in [0, 0.1) is 5.92 Å².